The SMILES string of the molecule is CCN(CC1CCCNC1)c1nccnc1C(N)=O. The smallest absolute Gasteiger partial charge is 0.271 e. The molecule has 1 atom stereocenters. The number of nitrogens with zero attached hydrogens (tertiary/aromatic N) is 3. The Morgan fingerprint density at radius 3 is 2.95 bits per heavy atom. The standard InChI is InChI=1S/C13H21N5O/c1-2-18(9-10-4-3-5-15-8-10)13-11(12(14)19)16-6-7-17-13/h6-7,10,15H,2-5,8-9H2,1H3,(H2,14,19). The van der Waals surface area contributed by atoms with Crippen molar-refractivity contribution < 1.29 is 4.79 Å². The molecule has 6 heteroatoms. The van der Waals surface area contributed by atoms with Crippen LogP contribution in [-0.2, 0) is 0 Å². The van der Waals surface area contributed by atoms with E-state index in [4.69, 9.17) is 5.73 Å². The highest BCUT2D eigenvalue weighted by atomic mass is 16.1. The Labute approximate surface area is 113 Å². The first kappa shape index (κ1) is 13.7. The Morgan fingerprint density at radius 1 is 1.53 bits per heavy atom. The summed E-state index contributed by atoms with van der Waals surface area (Å²) in [6.45, 7) is 5.83. The van der Waals surface area contributed by atoms with Gasteiger partial charge in [0.15, 0.2) is 11.5 Å². The number of rotatable bonds is 5. The molecule has 104 valence electrons. The summed E-state index contributed by atoms with van der Waals surface area (Å²) in [6, 6.07) is 0. The Kier molecular flexibility index (Phi) is 4.68. The molecule has 1 aliphatic rings. The maximum absolute atomic E-state index is 11.4. The summed E-state index contributed by atoms with van der Waals surface area (Å²) in [5.41, 5.74) is 5.62. The van der Waals surface area contributed by atoms with Gasteiger partial charge in [-0.15, -0.1) is 0 Å². The van der Waals surface area contributed by atoms with Gasteiger partial charge in [0.2, 0.25) is 0 Å². The summed E-state index contributed by atoms with van der Waals surface area (Å²) in [5, 5.41) is 3.40. The minimum absolute atomic E-state index is 0.258. The van der Waals surface area contributed by atoms with Crippen LogP contribution in [0.3, 0.4) is 0 Å². The van der Waals surface area contributed by atoms with Gasteiger partial charge in [0, 0.05) is 25.5 Å². The van der Waals surface area contributed by atoms with E-state index < -0.39 is 5.91 Å². The number of aromatic nitrogens is 2. The highest BCUT2D eigenvalue weighted by Gasteiger charge is 2.21. The second-order valence-electron chi connectivity index (χ2n) is 4.84. The molecule has 1 unspecified atom stereocenters. The maximum Gasteiger partial charge on any atom is 0.271 e. The molecule has 0 aliphatic carbocycles. The molecule has 2 heterocycles. The Hall–Kier alpha value is -1.69. The lowest BCUT2D eigenvalue weighted by atomic mass is 9.99. The van der Waals surface area contributed by atoms with E-state index in [2.05, 4.69) is 27.1 Å². The molecule has 1 aromatic heterocycles. The maximum atomic E-state index is 11.4. The molecule has 1 aliphatic heterocycles. The van der Waals surface area contributed by atoms with Gasteiger partial charge in [0.1, 0.15) is 0 Å². The summed E-state index contributed by atoms with van der Waals surface area (Å²) in [6.07, 6.45) is 5.50. The number of carbonyl (C=O) groups is 1. The number of nitrogens with one attached hydrogen (secondary N) is 1. The van der Waals surface area contributed by atoms with Crippen molar-refractivity contribution in [2.24, 2.45) is 11.7 Å². The fraction of sp³-hybridized carbons (Fsp3) is 0.615. The first-order chi connectivity index (χ1) is 9.22. The van der Waals surface area contributed by atoms with Gasteiger partial charge in [0.25, 0.3) is 5.91 Å². The highest BCUT2D eigenvalue weighted by Crippen LogP contribution is 2.18. The third-order valence-electron chi connectivity index (χ3n) is 3.47. The molecule has 0 saturated carbocycles. The first-order valence-corrected chi connectivity index (χ1v) is 6.78. The van der Waals surface area contributed by atoms with Crippen LogP contribution < -0.4 is 16.0 Å². The fourth-order valence-electron chi connectivity index (χ4n) is 2.49. The Morgan fingerprint density at radius 2 is 2.32 bits per heavy atom. The van der Waals surface area contributed by atoms with Crippen molar-refractivity contribution in [3.8, 4) is 0 Å². The van der Waals surface area contributed by atoms with Crippen molar-refractivity contribution in [1.82, 2.24) is 15.3 Å². The number of hydrogen-bond acceptors (Lipinski definition) is 5. The Bertz CT molecular complexity index is 431. The molecule has 3 N–H and O–H groups in total. The van der Waals surface area contributed by atoms with Crippen molar-refractivity contribution in [3.05, 3.63) is 18.1 Å². The van der Waals surface area contributed by atoms with Gasteiger partial charge in [-0.05, 0) is 38.8 Å². The monoisotopic (exact) mass is 263 g/mol. The van der Waals surface area contributed by atoms with E-state index >= 15 is 0 Å². The van der Waals surface area contributed by atoms with Crippen LogP contribution in [0.25, 0.3) is 0 Å². The van der Waals surface area contributed by atoms with Gasteiger partial charge in [-0.2, -0.15) is 0 Å². The molecule has 2 rings (SSSR count). The first-order valence-electron chi connectivity index (χ1n) is 6.78. The molecular weight excluding hydrogens is 242 g/mol. The fourth-order valence-corrected chi connectivity index (χ4v) is 2.49. The molecule has 1 fully saturated rings. The number of nitrogens with two attached hydrogens (primary N) is 1. The van der Waals surface area contributed by atoms with E-state index in [0.29, 0.717) is 11.7 Å². The van der Waals surface area contributed by atoms with Gasteiger partial charge in [-0.1, -0.05) is 0 Å². The van der Waals surface area contributed by atoms with Gasteiger partial charge < -0.3 is 16.0 Å². The zero-order valence-corrected chi connectivity index (χ0v) is 11.3. The van der Waals surface area contributed by atoms with Crippen LogP contribution in [0, 0.1) is 5.92 Å². The van der Waals surface area contributed by atoms with Crippen molar-refractivity contribution in [2.75, 3.05) is 31.1 Å². The lowest BCUT2D eigenvalue weighted by Crippen LogP contribution is -2.39. The van der Waals surface area contributed by atoms with Crippen LogP contribution in [0.15, 0.2) is 12.4 Å². The highest BCUT2D eigenvalue weighted by molar-refractivity contribution is 5.95. The molecule has 1 aromatic rings. The minimum atomic E-state index is -0.525. The average Bonchev–Trinajstić information content (AvgIpc) is 2.46. The predicted molar refractivity (Wildman–Crippen MR) is 74.0 cm³/mol. The van der Waals surface area contributed by atoms with Crippen molar-refractivity contribution >= 4 is 11.7 Å². The number of anilines is 1. The average molecular weight is 263 g/mol. The summed E-state index contributed by atoms with van der Waals surface area (Å²) < 4.78 is 0. The second kappa shape index (κ2) is 6.47. The van der Waals surface area contributed by atoms with Crippen LogP contribution in [0.2, 0.25) is 0 Å². The molecule has 0 radical (unpaired) electrons. The molecule has 19 heavy (non-hydrogen) atoms. The quantitative estimate of drug-likeness (QED) is 0.803. The molecule has 0 aromatic carbocycles. The van der Waals surface area contributed by atoms with Crippen LogP contribution in [0.1, 0.15) is 30.3 Å². The van der Waals surface area contributed by atoms with E-state index in [1.54, 1.807) is 6.20 Å². The third-order valence-corrected chi connectivity index (χ3v) is 3.47. The normalized spacial score (nSPS) is 19.1. The Balaban J connectivity index is 2.14. The zero-order valence-electron chi connectivity index (χ0n) is 11.3. The third kappa shape index (κ3) is 3.41. The lowest BCUT2D eigenvalue weighted by molar-refractivity contribution is 0.0995. The largest absolute Gasteiger partial charge is 0.364 e. The van der Waals surface area contributed by atoms with E-state index in [1.165, 1.54) is 19.0 Å². The lowest BCUT2D eigenvalue weighted by Gasteiger charge is -2.30. The van der Waals surface area contributed by atoms with Crippen molar-refractivity contribution in [3.63, 3.8) is 0 Å². The van der Waals surface area contributed by atoms with E-state index in [9.17, 15) is 4.79 Å². The zero-order chi connectivity index (χ0) is 13.7. The molecule has 0 bridgehead atoms. The van der Waals surface area contributed by atoms with Crippen LogP contribution in [0.5, 0.6) is 0 Å². The second-order valence-corrected chi connectivity index (χ2v) is 4.84. The van der Waals surface area contributed by atoms with Gasteiger partial charge in [0.05, 0.1) is 0 Å². The van der Waals surface area contributed by atoms with E-state index in [1.807, 2.05) is 0 Å². The molecule has 1 saturated heterocycles. The number of hydrogen-bond donors (Lipinski definition) is 2. The molecular formula is C13H21N5O. The number of primary amides is 1. The molecule has 6 nitrogen and oxygen atoms in total. The van der Waals surface area contributed by atoms with Crippen molar-refractivity contribution in [1.29, 1.82) is 0 Å². The topological polar surface area (TPSA) is 84.1 Å². The van der Waals surface area contributed by atoms with Crippen molar-refractivity contribution in [2.45, 2.75) is 19.8 Å². The van der Waals surface area contributed by atoms with Crippen LogP contribution >= 0.6 is 0 Å². The number of carbonyl (C=O) groups excluding carboxylic acids is 1. The summed E-state index contributed by atoms with van der Waals surface area (Å²) in [4.78, 5) is 21.8. The minimum Gasteiger partial charge on any atom is -0.364 e. The summed E-state index contributed by atoms with van der Waals surface area (Å²) in [7, 11) is 0. The predicted octanol–water partition coefficient (Wildman–Crippen LogP) is 0.401. The molecule has 0 spiro atoms. The summed E-state index contributed by atoms with van der Waals surface area (Å²) in [5.74, 6) is 0.655. The van der Waals surface area contributed by atoms with Crippen LogP contribution in [0.4, 0.5) is 5.82 Å². The van der Waals surface area contributed by atoms with E-state index in [-0.39, 0.29) is 5.69 Å². The van der Waals surface area contributed by atoms with Crippen LogP contribution in [-0.4, -0.2) is 42.1 Å². The number of piperidine rings is 1. The molecule has 1 amide bonds. The van der Waals surface area contributed by atoms with Gasteiger partial charge >= 0.3 is 0 Å². The summed E-state index contributed by atoms with van der Waals surface area (Å²) >= 11 is 0. The van der Waals surface area contributed by atoms with Gasteiger partial charge in [-0.25, -0.2) is 9.97 Å². The number of amides is 1. The van der Waals surface area contributed by atoms with E-state index in [0.717, 1.165) is 26.2 Å². The van der Waals surface area contributed by atoms with Gasteiger partial charge in [-0.3, -0.25) is 4.79 Å².